The van der Waals surface area contributed by atoms with Gasteiger partial charge in [0.05, 0.1) is 0 Å². The monoisotopic (exact) mass is 214 g/mol. The minimum absolute atomic E-state index is 0.229. The molecule has 2 aromatic rings. The fourth-order valence-corrected chi connectivity index (χ4v) is 2.31. The smallest absolute Gasteiger partial charge is 0.292 e. The SMILES string of the molecule is Nc1nc(-c2ccc3c(c2)CCCC3)co1. The van der Waals surface area contributed by atoms with Crippen molar-refractivity contribution in [2.45, 2.75) is 25.7 Å². The number of aryl methyl sites for hydroxylation is 2. The highest BCUT2D eigenvalue weighted by molar-refractivity contribution is 5.61. The lowest BCUT2D eigenvalue weighted by atomic mass is 9.90. The van der Waals surface area contributed by atoms with Crippen molar-refractivity contribution < 1.29 is 4.42 Å². The van der Waals surface area contributed by atoms with Gasteiger partial charge in [0.1, 0.15) is 12.0 Å². The second-order valence-corrected chi connectivity index (χ2v) is 4.26. The lowest BCUT2D eigenvalue weighted by molar-refractivity contribution is 0.581. The molecule has 1 aromatic carbocycles. The van der Waals surface area contributed by atoms with Crippen LogP contribution in [0.1, 0.15) is 24.0 Å². The first-order valence-electron chi connectivity index (χ1n) is 5.66. The second kappa shape index (κ2) is 3.67. The molecule has 16 heavy (non-hydrogen) atoms. The third-order valence-electron chi connectivity index (χ3n) is 3.17. The molecule has 1 heterocycles. The predicted octanol–water partition coefficient (Wildman–Crippen LogP) is 2.80. The van der Waals surface area contributed by atoms with Crippen LogP contribution in [0, 0.1) is 0 Å². The third kappa shape index (κ3) is 1.58. The predicted molar refractivity (Wildman–Crippen MR) is 63.0 cm³/mol. The molecule has 0 spiro atoms. The molecule has 1 aliphatic rings. The molecular weight excluding hydrogens is 200 g/mol. The number of fused-ring (bicyclic) bond motifs is 1. The Labute approximate surface area is 94.3 Å². The third-order valence-corrected chi connectivity index (χ3v) is 3.17. The van der Waals surface area contributed by atoms with Gasteiger partial charge in [-0.1, -0.05) is 12.1 Å². The average molecular weight is 214 g/mol. The minimum atomic E-state index is 0.229. The number of benzene rings is 1. The molecule has 1 aromatic heterocycles. The van der Waals surface area contributed by atoms with Gasteiger partial charge in [-0.25, -0.2) is 0 Å². The summed E-state index contributed by atoms with van der Waals surface area (Å²) in [5, 5.41) is 0. The van der Waals surface area contributed by atoms with Crippen molar-refractivity contribution in [3.05, 3.63) is 35.6 Å². The molecule has 0 saturated heterocycles. The van der Waals surface area contributed by atoms with Gasteiger partial charge in [-0.2, -0.15) is 4.98 Å². The van der Waals surface area contributed by atoms with Crippen LogP contribution >= 0.6 is 0 Å². The Morgan fingerprint density at radius 3 is 2.69 bits per heavy atom. The fraction of sp³-hybridized carbons (Fsp3) is 0.308. The van der Waals surface area contributed by atoms with Crippen molar-refractivity contribution in [2.75, 3.05) is 5.73 Å². The van der Waals surface area contributed by atoms with Gasteiger partial charge in [0.25, 0.3) is 6.01 Å². The molecule has 0 saturated carbocycles. The molecule has 1 aliphatic carbocycles. The standard InChI is InChI=1S/C13H14N2O/c14-13-15-12(8-16-13)11-6-5-9-3-1-2-4-10(9)7-11/h5-8H,1-4H2,(H2,14,15). The molecule has 0 amide bonds. The highest BCUT2D eigenvalue weighted by Crippen LogP contribution is 2.27. The average Bonchev–Trinajstić information content (AvgIpc) is 2.75. The van der Waals surface area contributed by atoms with Gasteiger partial charge in [0, 0.05) is 5.56 Å². The van der Waals surface area contributed by atoms with Crippen molar-refractivity contribution in [1.82, 2.24) is 4.98 Å². The van der Waals surface area contributed by atoms with Gasteiger partial charge >= 0.3 is 0 Å². The molecule has 0 fully saturated rings. The van der Waals surface area contributed by atoms with Crippen LogP contribution in [-0.2, 0) is 12.8 Å². The van der Waals surface area contributed by atoms with Crippen LogP contribution in [0.15, 0.2) is 28.9 Å². The summed E-state index contributed by atoms with van der Waals surface area (Å²) >= 11 is 0. The molecule has 82 valence electrons. The number of oxazole rings is 1. The Morgan fingerprint density at radius 2 is 1.94 bits per heavy atom. The van der Waals surface area contributed by atoms with Crippen molar-refractivity contribution in [2.24, 2.45) is 0 Å². The Balaban J connectivity index is 2.02. The molecule has 0 bridgehead atoms. The van der Waals surface area contributed by atoms with Crippen molar-refractivity contribution in [3.8, 4) is 11.3 Å². The lowest BCUT2D eigenvalue weighted by Crippen LogP contribution is -2.02. The Morgan fingerprint density at radius 1 is 1.12 bits per heavy atom. The normalized spacial score (nSPS) is 14.8. The van der Waals surface area contributed by atoms with E-state index >= 15 is 0 Å². The molecule has 0 aliphatic heterocycles. The minimum Gasteiger partial charge on any atom is -0.432 e. The maximum absolute atomic E-state index is 5.48. The first-order chi connectivity index (χ1) is 7.83. The number of nitrogens with two attached hydrogens (primary N) is 1. The fourth-order valence-electron chi connectivity index (χ4n) is 2.31. The molecule has 3 nitrogen and oxygen atoms in total. The highest BCUT2D eigenvalue weighted by Gasteiger charge is 2.11. The molecule has 3 rings (SSSR count). The molecule has 0 radical (unpaired) electrons. The summed E-state index contributed by atoms with van der Waals surface area (Å²) in [6.07, 6.45) is 6.59. The number of anilines is 1. The number of hydrogen-bond acceptors (Lipinski definition) is 3. The summed E-state index contributed by atoms with van der Waals surface area (Å²) < 4.78 is 5.03. The van der Waals surface area contributed by atoms with E-state index in [1.54, 1.807) is 6.26 Å². The van der Waals surface area contributed by atoms with Crippen LogP contribution in [0.3, 0.4) is 0 Å². The van der Waals surface area contributed by atoms with E-state index < -0.39 is 0 Å². The van der Waals surface area contributed by atoms with E-state index in [9.17, 15) is 0 Å². The van der Waals surface area contributed by atoms with Crippen LogP contribution in [-0.4, -0.2) is 4.98 Å². The summed E-state index contributed by atoms with van der Waals surface area (Å²) in [5.41, 5.74) is 10.3. The number of aromatic nitrogens is 1. The number of nitrogen functional groups attached to an aromatic ring is 1. The topological polar surface area (TPSA) is 52.0 Å². The zero-order valence-corrected chi connectivity index (χ0v) is 9.07. The van der Waals surface area contributed by atoms with E-state index in [1.165, 1.54) is 36.8 Å². The largest absolute Gasteiger partial charge is 0.432 e. The van der Waals surface area contributed by atoms with E-state index in [-0.39, 0.29) is 6.01 Å². The molecule has 3 heteroatoms. The van der Waals surface area contributed by atoms with Gasteiger partial charge < -0.3 is 10.2 Å². The quantitative estimate of drug-likeness (QED) is 0.794. The maximum Gasteiger partial charge on any atom is 0.292 e. The van der Waals surface area contributed by atoms with Crippen LogP contribution in [0.25, 0.3) is 11.3 Å². The Bertz CT molecular complexity index is 516. The van der Waals surface area contributed by atoms with Crippen LogP contribution in [0.2, 0.25) is 0 Å². The van der Waals surface area contributed by atoms with E-state index in [2.05, 4.69) is 23.2 Å². The van der Waals surface area contributed by atoms with Crippen LogP contribution in [0.5, 0.6) is 0 Å². The number of nitrogens with zero attached hydrogens (tertiary/aromatic N) is 1. The summed E-state index contributed by atoms with van der Waals surface area (Å²) in [6.45, 7) is 0. The second-order valence-electron chi connectivity index (χ2n) is 4.26. The first-order valence-corrected chi connectivity index (χ1v) is 5.66. The molecule has 0 atom stereocenters. The van der Waals surface area contributed by atoms with Gasteiger partial charge in [0.2, 0.25) is 0 Å². The van der Waals surface area contributed by atoms with Crippen LogP contribution in [0.4, 0.5) is 6.01 Å². The van der Waals surface area contributed by atoms with E-state index in [4.69, 9.17) is 10.2 Å². The summed E-state index contributed by atoms with van der Waals surface area (Å²) in [5.74, 6) is 0. The van der Waals surface area contributed by atoms with Gasteiger partial charge in [-0.05, 0) is 42.9 Å². The van der Waals surface area contributed by atoms with E-state index in [1.807, 2.05) is 0 Å². The zero-order valence-electron chi connectivity index (χ0n) is 9.07. The number of hydrogen-bond donors (Lipinski definition) is 1. The van der Waals surface area contributed by atoms with Gasteiger partial charge in [-0.3, -0.25) is 0 Å². The number of rotatable bonds is 1. The zero-order chi connectivity index (χ0) is 11.0. The van der Waals surface area contributed by atoms with Crippen LogP contribution < -0.4 is 5.73 Å². The highest BCUT2D eigenvalue weighted by atomic mass is 16.4. The Kier molecular flexibility index (Phi) is 2.17. The molecular formula is C13H14N2O. The van der Waals surface area contributed by atoms with E-state index in [0.717, 1.165) is 11.3 Å². The first kappa shape index (κ1) is 9.46. The molecule has 0 unspecified atom stereocenters. The van der Waals surface area contributed by atoms with Gasteiger partial charge in [-0.15, -0.1) is 0 Å². The van der Waals surface area contributed by atoms with Crippen molar-refractivity contribution in [1.29, 1.82) is 0 Å². The lowest BCUT2D eigenvalue weighted by Gasteiger charge is -2.15. The van der Waals surface area contributed by atoms with Crippen molar-refractivity contribution >= 4 is 6.01 Å². The van der Waals surface area contributed by atoms with E-state index in [0.29, 0.717) is 0 Å². The maximum atomic E-state index is 5.48. The summed E-state index contributed by atoms with van der Waals surface area (Å²) in [6, 6.07) is 6.75. The summed E-state index contributed by atoms with van der Waals surface area (Å²) in [7, 11) is 0. The summed E-state index contributed by atoms with van der Waals surface area (Å²) in [4.78, 5) is 4.14. The molecule has 2 N–H and O–H groups in total. The Hall–Kier alpha value is -1.77. The van der Waals surface area contributed by atoms with Gasteiger partial charge in [0.15, 0.2) is 0 Å². The van der Waals surface area contributed by atoms with Crippen molar-refractivity contribution in [3.63, 3.8) is 0 Å².